The number of anilines is 1. The number of rotatable bonds is 2. The first-order chi connectivity index (χ1) is 11.0. The molecule has 1 fully saturated rings. The highest BCUT2D eigenvalue weighted by Gasteiger charge is 2.24. The summed E-state index contributed by atoms with van der Waals surface area (Å²) in [4.78, 5) is 6.81. The number of nitrogens with one attached hydrogen (secondary N) is 1. The summed E-state index contributed by atoms with van der Waals surface area (Å²) >= 11 is 0. The Kier molecular flexibility index (Phi) is 4.23. The molecule has 4 nitrogen and oxygen atoms in total. The summed E-state index contributed by atoms with van der Waals surface area (Å²) in [6, 6.07) is 12.8. The zero-order chi connectivity index (χ0) is 16.4. The summed E-state index contributed by atoms with van der Waals surface area (Å²) in [5.41, 5.74) is 2.69. The third-order valence-electron chi connectivity index (χ3n) is 4.28. The maximum absolute atomic E-state index is 9.25. The van der Waals surface area contributed by atoms with Crippen molar-refractivity contribution in [1.29, 1.82) is 5.26 Å². The molecule has 1 aromatic carbocycles. The molecule has 0 amide bonds. The molecule has 23 heavy (non-hydrogen) atoms. The van der Waals surface area contributed by atoms with Gasteiger partial charge < -0.3 is 10.2 Å². The zero-order valence-corrected chi connectivity index (χ0v) is 14.1. The smallest absolute Gasteiger partial charge is 0.143 e. The summed E-state index contributed by atoms with van der Waals surface area (Å²) in [6.45, 7) is 8.66. The number of benzene rings is 1. The Labute approximate surface area is 138 Å². The molecule has 0 unspecified atom stereocenters. The van der Waals surface area contributed by atoms with Crippen molar-refractivity contribution >= 4 is 16.6 Å². The first kappa shape index (κ1) is 15.8. The molecular formula is C19H24N4. The van der Waals surface area contributed by atoms with Gasteiger partial charge in [0.1, 0.15) is 11.8 Å². The van der Waals surface area contributed by atoms with Crippen LogP contribution in [0.2, 0.25) is 0 Å². The van der Waals surface area contributed by atoms with Crippen molar-refractivity contribution in [1.82, 2.24) is 10.3 Å². The molecule has 0 atom stereocenters. The first-order valence-corrected chi connectivity index (χ1v) is 8.29. The van der Waals surface area contributed by atoms with Crippen molar-refractivity contribution in [3.8, 4) is 6.07 Å². The van der Waals surface area contributed by atoms with Gasteiger partial charge in [-0.05, 0) is 45.7 Å². The molecule has 2 aromatic rings. The van der Waals surface area contributed by atoms with Gasteiger partial charge in [0, 0.05) is 35.7 Å². The number of aromatic nitrogens is 1. The molecule has 0 aliphatic carbocycles. The first-order valence-electron chi connectivity index (χ1n) is 8.29. The molecule has 3 rings (SSSR count). The van der Waals surface area contributed by atoms with Gasteiger partial charge in [-0.3, -0.25) is 0 Å². The Balaban J connectivity index is 1.83. The van der Waals surface area contributed by atoms with Crippen LogP contribution < -0.4 is 10.2 Å². The minimum atomic E-state index is 0.157. The van der Waals surface area contributed by atoms with Gasteiger partial charge in [0.15, 0.2) is 0 Å². The van der Waals surface area contributed by atoms with Crippen LogP contribution in [-0.2, 0) is 0 Å². The average Bonchev–Trinajstić information content (AvgIpc) is 2.53. The van der Waals surface area contributed by atoms with Crippen molar-refractivity contribution in [3.05, 3.63) is 36.0 Å². The van der Waals surface area contributed by atoms with Crippen LogP contribution >= 0.6 is 0 Å². The van der Waals surface area contributed by atoms with Gasteiger partial charge in [-0.25, -0.2) is 4.98 Å². The number of nitrogens with zero attached hydrogens (tertiary/aromatic N) is 3. The highest BCUT2D eigenvalue weighted by atomic mass is 15.2. The van der Waals surface area contributed by atoms with Gasteiger partial charge in [0.25, 0.3) is 0 Å². The zero-order valence-electron chi connectivity index (χ0n) is 14.1. The number of hydrogen-bond donors (Lipinski definition) is 1. The third-order valence-corrected chi connectivity index (χ3v) is 4.28. The van der Waals surface area contributed by atoms with Crippen LogP contribution in [0.1, 0.15) is 39.3 Å². The average molecular weight is 308 g/mol. The van der Waals surface area contributed by atoms with Crippen LogP contribution in [0.15, 0.2) is 30.3 Å². The predicted octanol–water partition coefficient (Wildman–Crippen LogP) is 3.46. The molecular weight excluding hydrogens is 284 g/mol. The highest BCUT2D eigenvalue weighted by molar-refractivity contribution is 5.92. The van der Waals surface area contributed by atoms with E-state index in [-0.39, 0.29) is 5.54 Å². The number of piperidine rings is 1. The monoisotopic (exact) mass is 308 g/mol. The van der Waals surface area contributed by atoms with E-state index < -0.39 is 0 Å². The van der Waals surface area contributed by atoms with Gasteiger partial charge in [0.05, 0.1) is 5.52 Å². The van der Waals surface area contributed by atoms with Crippen LogP contribution in [0.4, 0.5) is 5.69 Å². The molecule has 1 saturated heterocycles. The lowest BCUT2D eigenvalue weighted by Crippen LogP contribution is -2.49. The normalized spacial score (nSPS) is 16.5. The third kappa shape index (κ3) is 3.62. The van der Waals surface area contributed by atoms with Gasteiger partial charge in [-0.2, -0.15) is 5.26 Å². The molecule has 1 aliphatic rings. The van der Waals surface area contributed by atoms with Crippen molar-refractivity contribution in [3.63, 3.8) is 0 Å². The van der Waals surface area contributed by atoms with E-state index in [4.69, 9.17) is 0 Å². The maximum atomic E-state index is 9.25. The second-order valence-electron chi connectivity index (χ2n) is 7.31. The molecule has 1 aromatic heterocycles. The molecule has 0 bridgehead atoms. The van der Waals surface area contributed by atoms with Gasteiger partial charge in [-0.15, -0.1) is 0 Å². The molecule has 4 heteroatoms. The van der Waals surface area contributed by atoms with E-state index in [0.29, 0.717) is 11.7 Å². The lowest BCUT2D eigenvalue weighted by Gasteiger charge is -2.37. The van der Waals surface area contributed by atoms with E-state index in [2.05, 4.69) is 48.1 Å². The van der Waals surface area contributed by atoms with Crippen LogP contribution in [0, 0.1) is 11.3 Å². The molecule has 120 valence electrons. The number of fused-ring (bicyclic) bond motifs is 1. The van der Waals surface area contributed by atoms with E-state index in [1.54, 1.807) is 0 Å². The van der Waals surface area contributed by atoms with Crippen molar-refractivity contribution in [2.45, 2.75) is 45.2 Å². The lowest BCUT2D eigenvalue weighted by molar-refractivity contribution is 0.317. The van der Waals surface area contributed by atoms with Gasteiger partial charge in [-0.1, -0.05) is 18.2 Å². The summed E-state index contributed by atoms with van der Waals surface area (Å²) < 4.78 is 0. The maximum Gasteiger partial charge on any atom is 0.143 e. The molecule has 0 saturated carbocycles. The fourth-order valence-electron chi connectivity index (χ4n) is 3.35. The topological polar surface area (TPSA) is 52.0 Å². The Morgan fingerprint density at radius 2 is 1.91 bits per heavy atom. The Morgan fingerprint density at radius 3 is 2.57 bits per heavy atom. The fourth-order valence-corrected chi connectivity index (χ4v) is 3.35. The predicted molar refractivity (Wildman–Crippen MR) is 94.6 cm³/mol. The summed E-state index contributed by atoms with van der Waals surface area (Å²) in [6.07, 6.45) is 2.24. The SMILES string of the molecule is CC(C)(C)NC1CCN(c2cc(C#N)nc3ccccc23)CC1. The Bertz CT molecular complexity index is 731. The number of nitriles is 1. The number of hydrogen-bond acceptors (Lipinski definition) is 4. The second-order valence-corrected chi connectivity index (χ2v) is 7.31. The van der Waals surface area contributed by atoms with Crippen molar-refractivity contribution in [2.24, 2.45) is 0 Å². The highest BCUT2D eigenvalue weighted by Crippen LogP contribution is 2.29. The lowest BCUT2D eigenvalue weighted by atomic mass is 9.99. The second kappa shape index (κ2) is 6.17. The van der Waals surface area contributed by atoms with Crippen molar-refractivity contribution in [2.75, 3.05) is 18.0 Å². The quantitative estimate of drug-likeness (QED) is 0.923. The minimum Gasteiger partial charge on any atom is -0.371 e. The number of pyridine rings is 1. The van der Waals surface area contributed by atoms with Crippen LogP contribution in [-0.4, -0.2) is 29.7 Å². The van der Waals surface area contributed by atoms with Crippen LogP contribution in [0.25, 0.3) is 10.9 Å². The molecule has 0 spiro atoms. The van der Waals surface area contributed by atoms with Gasteiger partial charge >= 0.3 is 0 Å². The Hall–Kier alpha value is -2.12. The molecule has 1 N–H and O–H groups in total. The van der Waals surface area contributed by atoms with Crippen LogP contribution in [0.3, 0.4) is 0 Å². The number of para-hydroxylation sites is 1. The largest absolute Gasteiger partial charge is 0.371 e. The van der Waals surface area contributed by atoms with E-state index in [1.807, 2.05) is 24.3 Å². The minimum absolute atomic E-state index is 0.157. The van der Waals surface area contributed by atoms with E-state index in [9.17, 15) is 5.26 Å². The summed E-state index contributed by atoms with van der Waals surface area (Å²) in [7, 11) is 0. The van der Waals surface area contributed by atoms with Crippen molar-refractivity contribution < 1.29 is 0 Å². The van der Waals surface area contributed by atoms with E-state index in [1.165, 1.54) is 0 Å². The standard InChI is InChI=1S/C19H24N4/c1-19(2,3)22-14-8-10-23(11-9-14)18-12-15(13-20)21-17-7-5-4-6-16(17)18/h4-7,12,14,22H,8-11H2,1-3H3. The van der Waals surface area contributed by atoms with E-state index in [0.717, 1.165) is 42.5 Å². The van der Waals surface area contributed by atoms with E-state index >= 15 is 0 Å². The summed E-state index contributed by atoms with van der Waals surface area (Å²) in [5.74, 6) is 0. The molecule has 1 aliphatic heterocycles. The molecule has 0 radical (unpaired) electrons. The fraction of sp³-hybridized carbons (Fsp3) is 0.474. The summed E-state index contributed by atoms with van der Waals surface area (Å²) in [5, 5.41) is 14.1. The molecule has 2 heterocycles. The van der Waals surface area contributed by atoms with Crippen LogP contribution in [0.5, 0.6) is 0 Å². The van der Waals surface area contributed by atoms with Gasteiger partial charge in [0.2, 0.25) is 0 Å². The Morgan fingerprint density at radius 1 is 1.22 bits per heavy atom.